The molecule has 6 rings (SSSR count). The third kappa shape index (κ3) is 32.7. The number of carbonyl (C=O) groups excluding carboxylic acids is 8. The van der Waals surface area contributed by atoms with Gasteiger partial charge in [-0.2, -0.15) is 8.42 Å². The molecule has 0 bridgehead atoms. The van der Waals surface area contributed by atoms with Crippen molar-refractivity contribution in [1.82, 2.24) is 9.80 Å². The normalized spacial score (nSPS) is 40.3. The summed E-state index contributed by atoms with van der Waals surface area (Å²) in [7, 11) is 5.16. The van der Waals surface area contributed by atoms with Crippen LogP contribution in [0.4, 0.5) is 0 Å². The largest absolute Gasteiger partial charge is 0.459 e. The zero-order chi connectivity index (χ0) is 103. The van der Waals surface area contributed by atoms with Crippen molar-refractivity contribution in [3.05, 3.63) is 24.3 Å². The van der Waals surface area contributed by atoms with Crippen LogP contribution >= 0.6 is 0 Å². The Labute approximate surface area is 798 Å². The van der Waals surface area contributed by atoms with E-state index in [2.05, 4.69) is 10.3 Å². The average Bonchev–Trinajstić information content (AvgIpc) is 0.765. The van der Waals surface area contributed by atoms with E-state index in [4.69, 9.17) is 94.4 Å². The number of ether oxygens (including phenoxy) is 17. The fourth-order valence-corrected chi connectivity index (χ4v) is 20.4. The van der Waals surface area contributed by atoms with Crippen LogP contribution in [0, 0.1) is 52.8 Å². The number of hydrogen-bond donors (Lipinski definition) is 5. The minimum Gasteiger partial charge on any atom is -0.459 e. The van der Waals surface area contributed by atoms with Crippen molar-refractivity contribution in [2.45, 2.75) is 401 Å². The Hall–Kier alpha value is -6.23. The van der Waals surface area contributed by atoms with Gasteiger partial charge in [0.15, 0.2) is 43.5 Å². The molecular formula is C95H162N4O35S. The van der Waals surface area contributed by atoms with Crippen LogP contribution in [-0.2, 0) is 143 Å². The predicted octanol–water partition coefficient (Wildman–Crippen LogP) is 8.31. The second-order valence-electron chi connectivity index (χ2n) is 39.8. The second-order valence-corrected chi connectivity index (χ2v) is 41.4. The number of methoxy groups -OCH3 is 1. The molecule has 6 heterocycles. The number of nitrogens with zero attached hydrogens (tertiary/aromatic N) is 4. The minimum absolute atomic E-state index is 0.0105. The first-order valence-electron chi connectivity index (χ1n) is 47.0. The standard InChI is InChI=1S/C48H82N2O18S.C47H80N2O17/c1-18-36-48(14,56)41(54)28(4)38(49-68-34(10)53)26(2)24-47(13,59-21-19-20-22-60-69(17,57)58)42(67-45-40(63-32(8)51)35(50(15)16)23-27(3)61-45)29(5)39(30(6)44(55)65-36)66-37-25-46(11,12)43(31(7)62-37)64-33(9)52;1-17-35-47(13,56)40(54)27(4)37(48-66-33(10)53)25(2)23-46(12,58-21-19-18-20-50)41(65-44-39(61-31(8)51)34(49(14)15)22-26(3)59-44)28(5)38(29(6)43(55)63-35)64-36-24-45(11,57-16)42(30(7)60-36)62-32(9)52/h19-20,26-31,35-37,39-43,45,54,56H,18,21-25H2,1-17H3;18-19,25-30,34-36,38-42,44,50,54,56H,17,20-24H2,1-16H3/b20-19+,49-38?;19-18+,48-37?/t26-,27-,28+,29+,30-,31+,35+,36-,37?,39+,40-,41-,42-,43+,45+,47-,48-;25-,26-,27+,28+,29-,30+,34+,35-,36?,38+,39-,40-,41-,42+,44+,45-,46-,47-/m11/s1. The number of aliphatic hydroxyl groups excluding tert-OH is 3. The molecule has 778 valence electrons. The van der Waals surface area contributed by atoms with Gasteiger partial charge in [0.2, 0.25) is 0 Å². The van der Waals surface area contributed by atoms with E-state index in [0.29, 0.717) is 12.8 Å². The lowest BCUT2D eigenvalue weighted by atomic mass is 9.73. The third-order valence-corrected chi connectivity index (χ3v) is 27.5. The highest BCUT2D eigenvalue weighted by Crippen LogP contribution is 2.48. The van der Waals surface area contributed by atoms with Crippen molar-refractivity contribution in [2.24, 2.45) is 63.1 Å². The van der Waals surface area contributed by atoms with Crippen LogP contribution in [0.15, 0.2) is 34.6 Å². The maximum atomic E-state index is 14.7. The van der Waals surface area contributed by atoms with Gasteiger partial charge in [0.05, 0.1) is 140 Å². The summed E-state index contributed by atoms with van der Waals surface area (Å²) < 4.78 is 138. The number of rotatable bonds is 29. The summed E-state index contributed by atoms with van der Waals surface area (Å²) in [6, 6.07) is -0.733. The Morgan fingerprint density at radius 3 is 1.16 bits per heavy atom. The summed E-state index contributed by atoms with van der Waals surface area (Å²) in [4.78, 5) is 118. The van der Waals surface area contributed by atoms with Gasteiger partial charge in [-0.15, -0.1) is 0 Å². The van der Waals surface area contributed by atoms with Gasteiger partial charge in [-0.05, 0) is 143 Å². The lowest BCUT2D eigenvalue weighted by Crippen LogP contribution is -2.62. The highest BCUT2D eigenvalue weighted by atomic mass is 32.2. The summed E-state index contributed by atoms with van der Waals surface area (Å²) in [5, 5.41) is 66.4. The summed E-state index contributed by atoms with van der Waals surface area (Å²) in [6.45, 7) is 43.0. The second kappa shape index (κ2) is 51.5. The molecule has 6 aliphatic heterocycles. The van der Waals surface area contributed by atoms with Gasteiger partial charge < -0.3 is 126 Å². The van der Waals surface area contributed by atoms with E-state index in [1.165, 1.54) is 74.7 Å². The summed E-state index contributed by atoms with van der Waals surface area (Å²) >= 11 is 0. The highest BCUT2D eigenvalue weighted by molar-refractivity contribution is 7.86. The molecule has 0 saturated carbocycles. The summed E-state index contributed by atoms with van der Waals surface area (Å²) in [5.74, 6) is -12.7. The van der Waals surface area contributed by atoms with Gasteiger partial charge in [0, 0.05) is 102 Å². The quantitative estimate of drug-likeness (QED) is 0.0117. The van der Waals surface area contributed by atoms with Crippen molar-refractivity contribution >= 4 is 69.3 Å². The Morgan fingerprint density at radius 2 is 0.822 bits per heavy atom. The average molecular weight is 1950 g/mol. The van der Waals surface area contributed by atoms with E-state index in [1.54, 1.807) is 109 Å². The Bertz CT molecular complexity index is 4090. The van der Waals surface area contributed by atoms with Crippen LogP contribution in [0.25, 0.3) is 0 Å². The summed E-state index contributed by atoms with van der Waals surface area (Å²) in [5.41, 5.74) is -8.55. The number of cyclic esters (lactones) is 2. The predicted molar refractivity (Wildman–Crippen MR) is 491 cm³/mol. The SMILES string of the molecule is CC[C@H]1OC(=O)[C@H](C)[C@@H](OC2CC(C)(C)[C@@H](OC(C)=O)[C@H](C)O2)[C@H](C)[C@@H](O[C@@H]2O[C@H](C)C[C@H](N(C)C)[C@H]2OC(C)=O)[C@](C)(OC/C=C/COS(C)(=O)=O)C[C@@H](C)C(=NOC(C)=O)[C@H](C)[C@@H](O)[C@]1(C)O.CC[C@H]1OC(=O)[C@H](C)[C@@H](OC2C[C@@](C)(OC)[C@@H](OC(C)=O)[C@H](C)O2)[C@H](C)[C@@H](O[C@@H]2O[C@H](C)C[C@H](N(C)C)[C@H]2OC(C)=O)[C@](C)(OC/C=C/CO)C[C@@H](C)C(=NOC(C)=O)[C@H](C)[C@@H](O)[C@]1(C)O. The molecule has 0 aromatic heterocycles. The first-order valence-corrected chi connectivity index (χ1v) is 48.8. The van der Waals surface area contributed by atoms with E-state index in [0.717, 1.165) is 6.26 Å². The topological polar surface area (TPSA) is 488 Å². The van der Waals surface area contributed by atoms with E-state index in [1.807, 2.05) is 72.6 Å². The van der Waals surface area contributed by atoms with Crippen molar-refractivity contribution in [1.29, 1.82) is 0 Å². The molecule has 135 heavy (non-hydrogen) atoms. The molecule has 6 fully saturated rings. The van der Waals surface area contributed by atoms with Crippen LogP contribution in [0.1, 0.15) is 238 Å². The molecule has 35 atom stereocenters. The van der Waals surface area contributed by atoms with Crippen molar-refractivity contribution in [2.75, 3.05) is 68.0 Å². The molecule has 39 nitrogen and oxygen atoms in total. The molecule has 0 aliphatic carbocycles. The maximum absolute atomic E-state index is 14.7. The zero-order valence-corrected chi connectivity index (χ0v) is 86.6. The van der Waals surface area contributed by atoms with Gasteiger partial charge in [0.1, 0.15) is 35.1 Å². The van der Waals surface area contributed by atoms with Crippen LogP contribution in [0.5, 0.6) is 0 Å². The zero-order valence-electron chi connectivity index (χ0n) is 85.8. The Morgan fingerprint density at radius 1 is 0.467 bits per heavy atom. The monoisotopic (exact) mass is 1950 g/mol. The number of esters is 6. The van der Waals surface area contributed by atoms with Crippen LogP contribution < -0.4 is 0 Å². The third-order valence-electron chi connectivity index (χ3n) is 27.0. The number of hydrogen-bond acceptors (Lipinski definition) is 39. The number of oxime groups is 2. The molecule has 40 heteroatoms. The molecular weight excluding hydrogens is 1790 g/mol. The van der Waals surface area contributed by atoms with E-state index in [-0.39, 0.29) is 94.6 Å². The van der Waals surface area contributed by atoms with Crippen LogP contribution in [-0.4, -0.2) is 334 Å². The molecule has 0 amide bonds. The first kappa shape index (κ1) is 119. The Balaban J connectivity index is 0.000000478. The van der Waals surface area contributed by atoms with E-state index in [9.17, 15) is 72.3 Å². The minimum atomic E-state index is -3.77. The number of aliphatic hydroxyl groups is 5. The van der Waals surface area contributed by atoms with Crippen LogP contribution in [0.2, 0.25) is 0 Å². The van der Waals surface area contributed by atoms with E-state index >= 15 is 0 Å². The molecule has 5 N–H and O–H groups in total. The van der Waals surface area contributed by atoms with Gasteiger partial charge >= 0.3 is 47.8 Å². The highest BCUT2D eigenvalue weighted by Gasteiger charge is 2.59. The fourth-order valence-electron chi connectivity index (χ4n) is 20.0. The molecule has 2 unspecified atom stereocenters. The Kier molecular flexibility index (Phi) is 45.5. The van der Waals surface area contributed by atoms with Gasteiger partial charge in [-0.3, -0.25) is 33.0 Å². The van der Waals surface area contributed by atoms with Crippen molar-refractivity contribution in [3.63, 3.8) is 0 Å². The number of likely N-dealkylation sites (N-methyl/N-ethyl adjacent to an activating group) is 2. The maximum Gasteiger partial charge on any atom is 0.331 e. The fraction of sp³-hybridized carbons (Fsp3) is 0.853. The summed E-state index contributed by atoms with van der Waals surface area (Å²) in [6.07, 6.45) is -11.9. The smallest absolute Gasteiger partial charge is 0.331 e. The molecule has 6 aliphatic rings. The molecule has 6 saturated heterocycles. The van der Waals surface area contributed by atoms with Gasteiger partial charge in [0.25, 0.3) is 10.1 Å². The number of carbonyl (C=O) groups is 8. The van der Waals surface area contributed by atoms with E-state index < -0.39 is 255 Å². The lowest BCUT2D eigenvalue weighted by molar-refractivity contribution is -0.321. The molecule has 0 aromatic rings. The first-order chi connectivity index (χ1) is 62.4. The van der Waals surface area contributed by atoms with Gasteiger partial charge in [-0.25, -0.2) is 9.59 Å². The van der Waals surface area contributed by atoms with Gasteiger partial charge in [-0.1, -0.05) is 104 Å². The molecule has 0 aromatic carbocycles. The van der Waals surface area contributed by atoms with Crippen molar-refractivity contribution in [3.8, 4) is 0 Å². The van der Waals surface area contributed by atoms with Crippen molar-refractivity contribution < 1.29 is 167 Å². The van der Waals surface area contributed by atoms with Crippen LogP contribution in [0.3, 0.4) is 0 Å². The molecule has 0 spiro atoms. The lowest BCUT2D eigenvalue weighted by Gasteiger charge is -2.50. The molecule has 0 radical (unpaired) electrons.